The van der Waals surface area contributed by atoms with Crippen LogP contribution < -0.4 is 5.73 Å². The molecular formula is C21H16N4O. The van der Waals surface area contributed by atoms with Gasteiger partial charge in [-0.25, -0.2) is 4.98 Å². The Labute approximate surface area is 149 Å². The van der Waals surface area contributed by atoms with Crippen LogP contribution in [0.3, 0.4) is 0 Å². The maximum Gasteiger partial charge on any atom is 0.207 e. The first kappa shape index (κ1) is 14.7. The number of aromatic hydroxyl groups is 1. The number of hydrogen-bond donors (Lipinski definition) is 2. The number of rotatable bonds is 2. The first-order valence-corrected chi connectivity index (χ1v) is 8.37. The minimum Gasteiger partial charge on any atom is -0.494 e. The standard InChI is InChI=1S/C21H16N4O/c1-12-8-9-23-10-16(12)14-6-3-7-15-19(22)18-17(24-20(14)15)11-25(21(18)26)13-4-2-5-13/h2-11,26H,22H2,1H3. The highest BCUT2D eigenvalue weighted by atomic mass is 16.3. The van der Waals surface area contributed by atoms with Crippen molar-refractivity contribution in [1.82, 2.24) is 14.5 Å². The molecule has 0 fully saturated rings. The number of para-hydroxylation sites is 1. The predicted molar refractivity (Wildman–Crippen MR) is 105 cm³/mol. The van der Waals surface area contributed by atoms with Gasteiger partial charge in [-0.15, -0.1) is 0 Å². The van der Waals surface area contributed by atoms with E-state index < -0.39 is 0 Å². The maximum atomic E-state index is 10.7. The van der Waals surface area contributed by atoms with Gasteiger partial charge in [-0.2, -0.15) is 0 Å². The molecule has 0 spiro atoms. The zero-order valence-corrected chi connectivity index (χ0v) is 14.1. The van der Waals surface area contributed by atoms with Crippen molar-refractivity contribution >= 4 is 33.2 Å². The number of fused-ring (bicyclic) bond motifs is 2. The van der Waals surface area contributed by atoms with E-state index in [1.165, 1.54) is 0 Å². The van der Waals surface area contributed by atoms with Gasteiger partial charge in [-0.3, -0.25) is 9.55 Å². The average molecular weight is 340 g/mol. The number of nitrogens with zero attached hydrogens (tertiary/aromatic N) is 3. The van der Waals surface area contributed by atoms with Crippen LogP contribution in [0.1, 0.15) is 5.56 Å². The molecule has 4 aromatic rings. The number of nitrogen functional groups attached to an aromatic ring is 1. The van der Waals surface area contributed by atoms with E-state index in [9.17, 15) is 5.11 Å². The van der Waals surface area contributed by atoms with Crippen LogP contribution in [0, 0.1) is 6.92 Å². The summed E-state index contributed by atoms with van der Waals surface area (Å²) in [5.41, 5.74) is 12.5. The van der Waals surface area contributed by atoms with Crippen LogP contribution in [-0.4, -0.2) is 19.6 Å². The van der Waals surface area contributed by atoms with Crippen molar-refractivity contribution in [2.45, 2.75) is 6.92 Å². The minimum atomic E-state index is 0.116. The molecule has 0 radical (unpaired) electrons. The molecule has 0 saturated carbocycles. The zero-order valence-electron chi connectivity index (χ0n) is 14.1. The second kappa shape index (κ2) is 5.20. The van der Waals surface area contributed by atoms with Gasteiger partial charge in [0, 0.05) is 40.8 Å². The Morgan fingerprint density at radius 3 is 2.73 bits per heavy atom. The number of allylic oxidation sites excluding steroid dienone is 4. The fraction of sp³-hybridized carbons (Fsp3) is 0.0476. The van der Waals surface area contributed by atoms with Crippen molar-refractivity contribution in [2.75, 3.05) is 5.73 Å². The zero-order chi connectivity index (χ0) is 17.8. The van der Waals surface area contributed by atoms with E-state index in [4.69, 9.17) is 10.7 Å². The lowest BCUT2D eigenvalue weighted by Crippen LogP contribution is -1.95. The average Bonchev–Trinajstić information content (AvgIpc) is 2.91. The summed E-state index contributed by atoms with van der Waals surface area (Å²) in [6, 6.07) is 7.90. The second-order valence-corrected chi connectivity index (χ2v) is 6.45. The molecule has 0 amide bonds. The third kappa shape index (κ3) is 1.91. The molecule has 3 heterocycles. The van der Waals surface area contributed by atoms with E-state index in [1.807, 2.05) is 54.9 Å². The van der Waals surface area contributed by atoms with Gasteiger partial charge < -0.3 is 10.8 Å². The Morgan fingerprint density at radius 1 is 1.15 bits per heavy atom. The van der Waals surface area contributed by atoms with Gasteiger partial charge in [-0.1, -0.05) is 24.3 Å². The third-order valence-corrected chi connectivity index (χ3v) is 4.93. The quantitative estimate of drug-likeness (QED) is 0.572. The molecule has 1 aromatic carbocycles. The number of anilines is 1. The number of hydrogen-bond acceptors (Lipinski definition) is 4. The Bertz CT molecular complexity index is 1260. The van der Waals surface area contributed by atoms with Crippen molar-refractivity contribution in [1.29, 1.82) is 0 Å². The summed E-state index contributed by atoms with van der Waals surface area (Å²) in [6.07, 6.45) is 11.2. The first-order chi connectivity index (χ1) is 12.6. The molecule has 0 unspecified atom stereocenters. The van der Waals surface area contributed by atoms with Crippen LogP contribution in [0.2, 0.25) is 0 Å². The highest BCUT2D eigenvalue weighted by molar-refractivity contribution is 6.12. The number of aryl methyl sites for hydroxylation is 1. The number of pyridine rings is 2. The van der Waals surface area contributed by atoms with Gasteiger partial charge in [0.1, 0.15) is 0 Å². The molecule has 0 atom stereocenters. The minimum absolute atomic E-state index is 0.116. The molecule has 126 valence electrons. The Kier molecular flexibility index (Phi) is 2.94. The number of aromatic nitrogens is 3. The van der Waals surface area contributed by atoms with Crippen molar-refractivity contribution in [2.24, 2.45) is 0 Å². The smallest absolute Gasteiger partial charge is 0.207 e. The maximum absolute atomic E-state index is 10.7. The van der Waals surface area contributed by atoms with Gasteiger partial charge >= 0.3 is 0 Å². The lowest BCUT2D eigenvalue weighted by molar-refractivity contribution is 0.450. The molecule has 1 aliphatic rings. The Morgan fingerprint density at radius 2 is 2.00 bits per heavy atom. The molecule has 0 saturated heterocycles. The Hall–Kier alpha value is -3.60. The van der Waals surface area contributed by atoms with E-state index in [2.05, 4.69) is 11.9 Å². The summed E-state index contributed by atoms with van der Waals surface area (Å²) in [5, 5.41) is 12.1. The predicted octanol–water partition coefficient (Wildman–Crippen LogP) is 4.26. The summed E-state index contributed by atoms with van der Waals surface area (Å²) in [4.78, 5) is 9.09. The van der Waals surface area contributed by atoms with Crippen molar-refractivity contribution in [3.05, 3.63) is 66.6 Å². The SMILES string of the molecule is Cc1ccncc1-c1cccc2c(N)c3c(O)n(C4=CC=C4)cc3nc12. The lowest BCUT2D eigenvalue weighted by Gasteiger charge is -2.11. The van der Waals surface area contributed by atoms with Crippen LogP contribution in [0.15, 0.2) is 61.1 Å². The van der Waals surface area contributed by atoms with Crippen LogP contribution in [0.25, 0.3) is 38.6 Å². The van der Waals surface area contributed by atoms with Crippen molar-refractivity contribution < 1.29 is 5.11 Å². The summed E-state index contributed by atoms with van der Waals surface area (Å²) in [6.45, 7) is 2.05. The van der Waals surface area contributed by atoms with Crippen LogP contribution in [0.4, 0.5) is 5.69 Å². The van der Waals surface area contributed by atoms with Gasteiger partial charge in [-0.05, 0) is 30.7 Å². The molecule has 1 aliphatic carbocycles. The van der Waals surface area contributed by atoms with E-state index in [1.54, 1.807) is 10.8 Å². The van der Waals surface area contributed by atoms with Crippen molar-refractivity contribution in [3.63, 3.8) is 0 Å². The molecule has 0 bridgehead atoms. The highest BCUT2D eigenvalue weighted by Crippen LogP contribution is 2.40. The second-order valence-electron chi connectivity index (χ2n) is 6.45. The van der Waals surface area contributed by atoms with Crippen LogP contribution >= 0.6 is 0 Å². The van der Waals surface area contributed by atoms with Gasteiger partial charge in [0.25, 0.3) is 0 Å². The van der Waals surface area contributed by atoms with Crippen LogP contribution in [0.5, 0.6) is 5.88 Å². The van der Waals surface area contributed by atoms with Gasteiger partial charge in [0.2, 0.25) is 5.88 Å². The molecule has 3 aromatic heterocycles. The normalized spacial score (nSPS) is 13.2. The number of benzene rings is 1. The first-order valence-electron chi connectivity index (χ1n) is 8.37. The van der Waals surface area contributed by atoms with Crippen LogP contribution in [-0.2, 0) is 0 Å². The molecule has 5 nitrogen and oxygen atoms in total. The fourth-order valence-corrected chi connectivity index (χ4v) is 3.47. The fourth-order valence-electron chi connectivity index (χ4n) is 3.47. The van der Waals surface area contributed by atoms with E-state index in [0.29, 0.717) is 16.6 Å². The monoisotopic (exact) mass is 340 g/mol. The molecule has 26 heavy (non-hydrogen) atoms. The van der Waals surface area contributed by atoms with E-state index >= 15 is 0 Å². The number of nitrogens with two attached hydrogens (primary N) is 1. The van der Waals surface area contributed by atoms with E-state index in [0.717, 1.165) is 33.3 Å². The van der Waals surface area contributed by atoms with E-state index in [-0.39, 0.29) is 5.88 Å². The molecule has 5 heteroatoms. The summed E-state index contributed by atoms with van der Waals surface area (Å²) in [7, 11) is 0. The van der Waals surface area contributed by atoms with Gasteiger partial charge in [0.15, 0.2) is 0 Å². The third-order valence-electron chi connectivity index (χ3n) is 4.93. The highest BCUT2D eigenvalue weighted by Gasteiger charge is 2.19. The lowest BCUT2D eigenvalue weighted by atomic mass is 9.98. The summed E-state index contributed by atoms with van der Waals surface area (Å²) >= 11 is 0. The largest absolute Gasteiger partial charge is 0.494 e. The molecule has 0 aliphatic heterocycles. The van der Waals surface area contributed by atoms with Crippen molar-refractivity contribution in [3.8, 4) is 17.0 Å². The molecular weight excluding hydrogens is 324 g/mol. The molecule has 3 N–H and O–H groups in total. The summed E-state index contributed by atoms with van der Waals surface area (Å²) < 4.78 is 1.71. The summed E-state index contributed by atoms with van der Waals surface area (Å²) in [5.74, 6) is 0.116. The van der Waals surface area contributed by atoms with Gasteiger partial charge in [0.05, 0.1) is 22.1 Å². The Balaban J connectivity index is 1.87. The molecule has 5 rings (SSSR count). The topological polar surface area (TPSA) is 77.0 Å².